The minimum absolute atomic E-state index is 0.613. The van der Waals surface area contributed by atoms with E-state index < -0.39 is 0 Å². The predicted molar refractivity (Wildman–Crippen MR) is 61.3 cm³/mol. The molecule has 1 aromatic carbocycles. The lowest BCUT2D eigenvalue weighted by atomic mass is 10.2. The van der Waals surface area contributed by atoms with Gasteiger partial charge in [0.15, 0.2) is 0 Å². The third-order valence-electron chi connectivity index (χ3n) is 2.01. The summed E-state index contributed by atoms with van der Waals surface area (Å²) >= 11 is 12.0. The summed E-state index contributed by atoms with van der Waals surface area (Å²) < 4.78 is 0. The third kappa shape index (κ3) is 1.51. The Kier molecular flexibility index (Phi) is 2.48. The van der Waals surface area contributed by atoms with Gasteiger partial charge in [0.2, 0.25) is 0 Å². The van der Waals surface area contributed by atoms with Gasteiger partial charge in [-0.05, 0) is 24.3 Å². The van der Waals surface area contributed by atoms with Crippen molar-refractivity contribution in [3.63, 3.8) is 0 Å². The molecule has 0 aliphatic carbocycles. The predicted octanol–water partition coefficient (Wildman–Crippen LogP) is 3.58. The number of rotatable bonds is 1. The van der Waals surface area contributed by atoms with E-state index >= 15 is 0 Å². The molecule has 72 valence electrons. The van der Waals surface area contributed by atoms with E-state index in [0.29, 0.717) is 10.0 Å². The molecule has 14 heavy (non-hydrogen) atoms. The molecule has 2 nitrogen and oxygen atoms in total. The number of nitrogens with one attached hydrogen (secondary N) is 1. The number of anilines is 1. The van der Waals surface area contributed by atoms with E-state index in [9.17, 15) is 0 Å². The molecule has 0 radical (unpaired) electrons. The molecule has 0 aliphatic rings. The number of pyridine rings is 1. The normalized spacial score (nSPS) is 10.5. The van der Waals surface area contributed by atoms with Gasteiger partial charge in [-0.25, -0.2) is 4.98 Å². The first kappa shape index (κ1) is 9.56. The maximum atomic E-state index is 6.01. The minimum atomic E-state index is 0.613. The van der Waals surface area contributed by atoms with Crippen LogP contribution in [0.25, 0.3) is 10.9 Å². The Morgan fingerprint density at radius 1 is 1.07 bits per heavy atom. The summed E-state index contributed by atoms with van der Waals surface area (Å²) in [5.74, 6) is 0.779. The SMILES string of the molecule is CNc1ccc2c(Cl)ccc(Cl)c2n1. The van der Waals surface area contributed by atoms with Gasteiger partial charge in [-0.3, -0.25) is 0 Å². The van der Waals surface area contributed by atoms with Gasteiger partial charge in [-0.2, -0.15) is 0 Å². The summed E-state index contributed by atoms with van der Waals surface area (Å²) in [6, 6.07) is 7.29. The van der Waals surface area contributed by atoms with Crippen LogP contribution in [0.1, 0.15) is 0 Å². The van der Waals surface area contributed by atoms with Crippen LogP contribution in [0.15, 0.2) is 24.3 Å². The van der Waals surface area contributed by atoms with Crippen LogP contribution in [0.2, 0.25) is 10.0 Å². The Hall–Kier alpha value is -0.990. The van der Waals surface area contributed by atoms with Crippen LogP contribution < -0.4 is 5.32 Å². The average molecular weight is 227 g/mol. The number of nitrogens with zero attached hydrogens (tertiary/aromatic N) is 1. The molecule has 0 saturated heterocycles. The second-order valence-electron chi connectivity index (χ2n) is 2.87. The molecule has 0 amide bonds. The molecule has 1 N–H and O–H groups in total. The lowest BCUT2D eigenvalue weighted by Gasteiger charge is -2.04. The van der Waals surface area contributed by atoms with Gasteiger partial charge in [-0.15, -0.1) is 0 Å². The van der Waals surface area contributed by atoms with Crippen LogP contribution in [-0.4, -0.2) is 12.0 Å². The second-order valence-corrected chi connectivity index (χ2v) is 3.69. The monoisotopic (exact) mass is 226 g/mol. The molecule has 0 fully saturated rings. The molecular weight excluding hydrogens is 219 g/mol. The zero-order valence-electron chi connectivity index (χ0n) is 7.51. The minimum Gasteiger partial charge on any atom is -0.373 e. The molecule has 0 aliphatic heterocycles. The lowest BCUT2D eigenvalue weighted by molar-refractivity contribution is 1.34. The summed E-state index contributed by atoms with van der Waals surface area (Å²) in [6.07, 6.45) is 0. The molecule has 0 unspecified atom stereocenters. The van der Waals surface area contributed by atoms with Gasteiger partial charge in [0, 0.05) is 12.4 Å². The molecule has 0 spiro atoms. The number of aromatic nitrogens is 1. The van der Waals surface area contributed by atoms with Gasteiger partial charge < -0.3 is 5.32 Å². The fraction of sp³-hybridized carbons (Fsp3) is 0.100. The fourth-order valence-electron chi connectivity index (χ4n) is 1.29. The number of halogens is 2. The maximum Gasteiger partial charge on any atom is 0.126 e. The number of benzene rings is 1. The van der Waals surface area contributed by atoms with Crippen molar-refractivity contribution < 1.29 is 0 Å². The second kappa shape index (κ2) is 3.64. The van der Waals surface area contributed by atoms with E-state index in [1.165, 1.54) is 0 Å². The maximum absolute atomic E-state index is 6.01. The number of hydrogen-bond donors (Lipinski definition) is 1. The van der Waals surface area contributed by atoms with E-state index in [1.807, 2.05) is 19.2 Å². The zero-order valence-corrected chi connectivity index (χ0v) is 9.02. The van der Waals surface area contributed by atoms with E-state index in [4.69, 9.17) is 23.2 Å². The first-order valence-electron chi connectivity index (χ1n) is 4.15. The standard InChI is InChI=1S/C10H8Cl2N2/c1-13-9-5-2-6-7(11)3-4-8(12)10(6)14-9/h2-5H,1H3,(H,13,14). The molecule has 1 aromatic heterocycles. The Bertz CT molecular complexity index is 483. The Balaban J connectivity index is 2.80. The van der Waals surface area contributed by atoms with Gasteiger partial charge in [0.25, 0.3) is 0 Å². The van der Waals surface area contributed by atoms with Gasteiger partial charge in [-0.1, -0.05) is 23.2 Å². The highest BCUT2D eigenvalue weighted by Crippen LogP contribution is 2.29. The highest BCUT2D eigenvalue weighted by molar-refractivity contribution is 6.39. The molecule has 0 atom stereocenters. The van der Waals surface area contributed by atoms with Crippen LogP contribution in [-0.2, 0) is 0 Å². The first-order chi connectivity index (χ1) is 6.72. The Morgan fingerprint density at radius 2 is 1.79 bits per heavy atom. The average Bonchev–Trinajstić information content (AvgIpc) is 2.23. The van der Waals surface area contributed by atoms with Crippen LogP contribution in [0.5, 0.6) is 0 Å². The third-order valence-corrected chi connectivity index (χ3v) is 2.65. The van der Waals surface area contributed by atoms with Gasteiger partial charge in [0.1, 0.15) is 5.82 Å². The lowest BCUT2D eigenvalue weighted by Crippen LogP contribution is -1.92. The molecule has 4 heteroatoms. The summed E-state index contributed by atoms with van der Waals surface area (Å²) in [5.41, 5.74) is 0.728. The first-order valence-corrected chi connectivity index (χ1v) is 4.90. The molecule has 1 heterocycles. The molecule has 2 rings (SSSR count). The molecular formula is C10H8Cl2N2. The highest BCUT2D eigenvalue weighted by Gasteiger charge is 2.04. The van der Waals surface area contributed by atoms with Crippen molar-refractivity contribution in [3.05, 3.63) is 34.3 Å². The van der Waals surface area contributed by atoms with Crippen LogP contribution in [0, 0.1) is 0 Å². The molecule has 0 saturated carbocycles. The van der Waals surface area contributed by atoms with Crippen molar-refractivity contribution in [2.24, 2.45) is 0 Å². The van der Waals surface area contributed by atoms with Gasteiger partial charge in [0.05, 0.1) is 15.6 Å². The number of hydrogen-bond acceptors (Lipinski definition) is 2. The fourth-order valence-corrected chi connectivity index (χ4v) is 1.71. The summed E-state index contributed by atoms with van der Waals surface area (Å²) in [5, 5.41) is 5.10. The molecule has 0 bridgehead atoms. The van der Waals surface area contributed by atoms with Crippen LogP contribution in [0.4, 0.5) is 5.82 Å². The van der Waals surface area contributed by atoms with E-state index in [1.54, 1.807) is 12.1 Å². The highest BCUT2D eigenvalue weighted by atomic mass is 35.5. The quantitative estimate of drug-likeness (QED) is 0.805. The van der Waals surface area contributed by atoms with Gasteiger partial charge >= 0.3 is 0 Å². The van der Waals surface area contributed by atoms with Crippen molar-refractivity contribution in [1.82, 2.24) is 4.98 Å². The largest absolute Gasteiger partial charge is 0.373 e. The van der Waals surface area contributed by atoms with Crippen LogP contribution >= 0.6 is 23.2 Å². The van der Waals surface area contributed by atoms with Crippen molar-refractivity contribution in [2.75, 3.05) is 12.4 Å². The van der Waals surface area contributed by atoms with Crippen LogP contribution in [0.3, 0.4) is 0 Å². The number of fused-ring (bicyclic) bond motifs is 1. The Labute approximate surface area is 91.9 Å². The van der Waals surface area contributed by atoms with Crippen molar-refractivity contribution in [1.29, 1.82) is 0 Å². The summed E-state index contributed by atoms with van der Waals surface area (Å²) in [6.45, 7) is 0. The van der Waals surface area contributed by atoms with Crippen molar-refractivity contribution >= 4 is 39.9 Å². The van der Waals surface area contributed by atoms with E-state index in [-0.39, 0.29) is 0 Å². The van der Waals surface area contributed by atoms with Crippen molar-refractivity contribution in [3.8, 4) is 0 Å². The topological polar surface area (TPSA) is 24.9 Å². The smallest absolute Gasteiger partial charge is 0.126 e. The zero-order chi connectivity index (χ0) is 10.1. The van der Waals surface area contributed by atoms with E-state index in [2.05, 4.69) is 10.3 Å². The van der Waals surface area contributed by atoms with Crippen molar-refractivity contribution in [2.45, 2.75) is 0 Å². The Morgan fingerprint density at radius 3 is 2.50 bits per heavy atom. The van der Waals surface area contributed by atoms with E-state index in [0.717, 1.165) is 16.7 Å². The summed E-state index contributed by atoms with van der Waals surface area (Å²) in [7, 11) is 1.81. The summed E-state index contributed by atoms with van der Waals surface area (Å²) in [4.78, 5) is 4.33. The molecule has 2 aromatic rings.